The van der Waals surface area contributed by atoms with Gasteiger partial charge in [-0.05, 0) is 42.3 Å². The van der Waals surface area contributed by atoms with Crippen molar-refractivity contribution in [3.8, 4) is 0 Å². The molecule has 1 heterocycles. The second-order valence-corrected chi connectivity index (χ2v) is 6.00. The molecule has 0 saturated carbocycles. The van der Waals surface area contributed by atoms with Gasteiger partial charge in [-0.1, -0.05) is 48.9 Å². The van der Waals surface area contributed by atoms with Crippen molar-refractivity contribution >= 4 is 23.2 Å². The molecule has 114 valence electrons. The van der Waals surface area contributed by atoms with E-state index in [9.17, 15) is 4.79 Å². The molecule has 0 radical (unpaired) electrons. The van der Waals surface area contributed by atoms with E-state index in [-0.39, 0.29) is 11.9 Å². The molecule has 1 amide bonds. The Balaban J connectivity index is 2.15. The highest BCUT2D eigenvalue weighted by Gasteiger charge is 2.29. The number of carbonyl (C=O) groups excluding carboxylic acids is 1. The molecule has 2 aromatic rings. The minimum Gasteiger partial charge on any atom is -0.325 e. The van der Waals surface area contributed by atoms with Crippen LogP contribution in [0.25, 0.3) is 0 Å². The zero-order valence-corrected chi connectivity index (χ0v) is 13.3. The predicted octanol–water partition coefficient (Wildman–Crippen LogP) is 4.09. The fraction of sp³-hybridized carbons (Fsp3) is 0.278. The van der Waals surface area contributed by atoms with Gasteiger partial charge in [-0.3, -0.25) is 9.69 Å². The first-order valence-corrected chi connectivity index (χ1v) is 7.95. The maximum atomic E-state index is 12.2. The van der Waals surface area contributed by atoms with Crippen molar-refractivity contribution in [3.63, 3.8) is 0 Å². The predicted molar refractivity (Wildman–Crippen MR) is 90.2 cm³/mol. The first kappa shape index (κ1) is 15.1. The van der Waals surface area contributed by atoms with Crippen molar-refractivity contribution in [1.29, 1.82) is 0 Å². The Morgan fingerprint density at radius 3 is 2.73 bits per heavy atom. The third kappa shape index (κ3) is 3.01. The second kappa shape index (κ2) is 6.51. The van der Waals surface area contributed by atoms with Gasteiger partial charge in [0, 0.05) is 10.7 Å². The molecule has 3 rings (SSSR count). The largest absolute Gasteiger partial charge is 0.325 e. The fourth-order valence-electron chi connectivity index (χ4n) is 3.06. The highest BCUT2D eigenvalue weighted by atomic mass is 35.5. The second-order valence-electron chi connectivity index (χ2n) is 5.56. The van der Waals surface area contributed by atoms with Gasteiger partial charge in [0.2, 0.25) is 5.91 Å². The van der Waals surface area contributed by atoms with E-state index in [1.54, 1.807) is 0 Å². The Morgan fingerprint density at radius 1 is 1.23 bits per heavy atom. The maximum Gasteiger partial charge on any atom is 0.238 e. The van der Waals surface area contributed by atoms with Crippen LogP contribution in [0.5, 0.6) is 0 Å². The van der Waals surface area contributed by atoms with Gasteiger partial charge in [-0.25, -0.2) is 0 Å². The van der Waals surface area contributed by atoms with Crippen LogP contribution in [0.2, 0.25) is 5.02 Å². The Kier molecular flexibility index (Phi) is 4.46. The first-order valence-electron chi connectivity index (χ1n) is 7.57. The summed E-state index contributed by atoms with van der Waals surface area (Å²) in [5.41, 5.74) is 3.08. The van der Waals surface area contributed by atoms with E-state index in [0.717, 1.165) is 24.2 Å². The molecule has 1 atom stereocenters. The minimum absolute atomic E-state index is 0.0236. The van der Waals surface area contributed by atoms with Crippen LogP contribution in [0.3, 0.4) is 0 Å². The molecular formula is C18H19ClN2O. The summed E-state index contributed by atoms with van der Waals surface area (Å²) in [6, 6.07) is 16.0. The van der Waals surface area contributed by atoms with E-state index in [2.05, 4.69) is 29.3 Å². The van der Waals surface area contributed by atoms with E-state index >= 15 is 0 Å². The summed E-state index contributed by atoms with van der Waals surface area (Å²) >= 11 is 6.21. The highest BCUT2D eigenvalue weighted by molar-refractivity contribution is 6.30. The number of halogens is 1. The van der Waals surface area contributed by atoms with Crippen LogP contribution in [0.15, 0.2) is 48.5 Å². The summed E-state index contributed by atoms with van der Waals surface area (Å²) in [6.45, 7) is 3.38. The molecule has 1 N–H and O–H groups in total. The Bertz CT molecular complexity index is 672. The molecule has 0 aliphatic carbocycles. The molecule has 1 aliphatic heterocycles. The van der Waals surface area contributed by atoms with Crippen LogP contribution in [-0.2, 0) is 4.79 Å². The van der Waals surface area contributed by atoms with Gasteiger partial charge in [0.25, 0.3) is 0 Å². The highest BCUT2D eigenvalue weighted by Crippen LogP contribution is 2.37. The number of nitrogens with zero attached hydrogens (tertiary/aromatic N) is 1. The van der Waals surface area contributed by atoms with E-state index < -0.39 is 0 Å². The zero-order valence-electron chi connectivity index (χ0n) is 12.6. The first-order chi connectivity index (χ1) is 10.7. The molecule has 0 spiro atoms. The van der Waals surface area contributed by atoms with E-state index in [4.69, 9.17) is 11.6 Å². The normalized spacial score (nSPS) is 18.5. The van der Waals surface area contributed by atoms with Crippen LogP contribution in [-0.4, -0.2) is 23.9 Å². The van der Waals surface area contributed by atoms with Crippen molar-refractivity contribution in [1.82, 2.24) is 4.90 Å². The van der Waals surface area contributed by atoms with E-state index in [0.29, 0.717) is 11.6 Å². The van der Waals surface area contributed by atoms with Crippen LogP contribution >= 0.6 is 11.6 Å². The summed E-state index contributed by atoms with van der Waals surface area (Å²) < 4.78 is 0. The number of rotatable bonds is 3. The summed E-state index contributed by atoms with van der Waals surface area (Å²) in [6.07, 6.45) is 0.993. The number of benzene rings is 2. The van der Waals surface area contributed by atoms with Crippen molar-refractivity contribution in [3.05, 3.63) is 64.7 Å². The summed E-state index contributed by atoms with van der Waals surface area (Å²) in [5.74, 6) is 0.0236. The number of anilines is 1. The molecule has 1 unspecified atom stereocenters. The van der Waals surface area contributed by atoms with Crippen LogP contribution in [0.4, 0.5) is 5.69 Å². The monoisotopic (exact) mass is 314 g/mol. The van der Waals surface area contributed by atoms with Crippen molar-refractivity contribution in [2.45, 2.75) is 19.4 Å². The van der Waals surface area contributed by atoms with Crippen LogP contribution in [0.1, 0.15) is 30.5 Å². The number of hydrogen-bond donors (Lipinski definition) is 1. The molecule has 0 bridgehead atoms. The summed E-state index contributed by atoms with van der Waals surface area (Å²) in [4.78, 5) is 14.4. The summed E-state index contributed by atoms with van der Waals surface area (Å²) in [5, 5.41) is 3.69. The Hall–Kier alpha value is -1.84. The Labute approximate surface area is 135 Å². The quantitative estimate of drug-likeness (QED) is 0.925. The topological polar surface area (TPSA) is 32.3 Å². The van der Waals surface area contributed by atoms with Crippen molar-refractivity contribution in [2.24, 2.45) is 0 Å². The average molecular weight is 315 g/mol. The van der Waals surface area contributed by atoms with Crippen molar-refractivity contribution in [2.75, 3.05) is 18.4 Å². The molecule has 0 fully saturated rings. The molecule has 22 heavy (non-hydrogen) atoms. The molecule has 0 aromatic heterocycles. The average Bonchev–Trinajstić information content (AvgIpc) is 2.64. The van der Waals surface area contributed by atoms with Gasteiger partial charge in [0.1, 0.15) is 0 Å². The smallest absolute Gasteiger partial charge is 0.238 e. The molecule has 4 heteroatoms. The van der Waals surface area contributed by atoms with Gasteiger partial charge < -0.3 is 5.32 Å². The van der Waals surface area contributed by atoms with Crippen molar-refractivity contribution < 1.29 is 4.79 Å². The molecular weight excluding hydrogens is 296 g/mol. The third-order valence-corrected chi connectivity index (χ3v) is 4.16. The van der Waals surface area contributed by atoms with Gasteiger partial charge in [0.05, 0.1) is 12.6 Å². The molecule has 3 nitrogen and oxygen atoms in total. The standard InChI is InChI=1S/C18H19ClN2O/c1-2-10-21-12-17(22)20-16-9-8-14(19)11-15(16)18(21)13-6-4-3-5-7-13/h3-9,11,18H,2,10,12H2,1H3,(H,20,22). The molecule has 0 saturated heterocycles. The number of nitrogens with one attached hydrogen (secondary N) is 1. The summed E-state index contributed by atoms with van der Waals surface area (Å²) in [7, 11) is 0. The number of carbonyl (C=O) groups is 1. The van der Waals surface area contributed by atoms with Gasteiger partial charge in [-0.15, -0.1) is 0 Å². The number of hydrogen-bond acceptors (Lipinski definition) is 2. The lowest BCUT2D eigenvalue weighted by Gasteiger charge is -2.30. The van der Waals surface area contributed by atoms with Gasteiger partial charge in [-0.2, -0.15) is 0 Å². The van der Waals surface area contributed by atoms with E-state index in [1.165, 1.54) is 5.56 Å². The Morgan fingerprint density at radius 2 is 2.00 bits per heavy atom. The number of fused-ring (bicyclic) bond motifs is 1. The SMILES string of the molecule is CCCN1CC(=O)Nc2ccc(Cl)cc2C1c1ccccc1. The fourth-order valence-corrected chi connectivity index (χ4v) is 3.24. The molecule has 1 aliphatic rings. The minimum atomic E-state index is 0.0236. The van der Waals surface area contributed by atoms with Crippen LogP contribution < -0.4 is 5.32 Å². The lowest BCUT2D eigenvalue weighted by Crippen LogP contribution is -2.34. The van der Waals surface area contributed by atoms with Gasteiger partial charge in [0.15, 0.2) is 0 Å². The zero-order chi connectivity index (χ0) is 15.5. The number of amides is 1. The van der Waals surface area contributed by atoms with E-state index in [1.807, 2.05) is 36.4 Å². The third-order valence-electron chi connectivity index (χ3n) is 3.92. The van der Waals surface area contributed by atoms with Gasteiger partial charge >= 0.3 is 0 Å². The maximum absolute atomic E-state index is 12.2. The van der Waals surface area contributed by atoms with Crippen LogP contribution in [0, 0.1) is 0 Å². The lowest BCUT2D eigenvalue weighted by molar-refractivity contribution is -0.117. The molecule has 2 aromatic carbocycles. The lowest BCUT2D eigenvalue weighted by atomic mass is 9.96.